The van der Waals surface area contributed by atoms with Crippen LogP contribution in [0.25, 0.3) is 0 Å². The number of thioether (sulfide) groups is 1. The molecule has 0 amide bonds. The van der Waals surface area contributed by atoms with Gasteiger partial charge in [0.05, 0.1) is 5.75 Å². The van der Waals surface area contributed by atoms with E-state index in [0.29, 0.717) is 0 Å². The molecule has 0 aliphatic heterocycles. The van der Waals surface area contributed by atoms with Gasteiger partial charge in [-0.05, 0) is 18.3 Å². The van der Waals surface area contributed by atoms with E-state index in [1.807, 2.05) is 18.0 Å². The zero-order valence-electron chi connectivity index (χ0n) is 12.7. The predicted octanol–water partition coefficient (Wildman–Crippen LogP) is 3.48. The van der Waals surface area contributed by atoms with Gasteiger partial charge in [-0.3, -0.25) is 0 Å². The van der Waals surface area contributed by atoms with Crippen molar-refractivity contribution in [2.24, 2.45) is 11.1 Å². The minimum absolute atomic E-state index is 0.0862. The molecule has 1 heterocycles. The van der Waals surface area contributed by atoms with E-state index in [1.165, 1.54) is 0 Å². The predicted molar refractivity (Wildman–Crippen MR) is 82.1 cm³/mol. The molecule has 1 atom stereocenters. The normalized spacial score (nSPS) is 22.1. The summed E-state index contributed by atoms with van der Waals surface area (Å²) in [5.41, 5.74) is 8.77. The first-order valence-corrected chi connectivity index (χ1v) is 7.89. The van der Waals surface area contributed by atoms with Crippen molar-refractivity contribution in [2.45, 2.75) is 64.0 Å². The fraction of sp³-hybridized carbons (Fsp3) is 0.733. The molecule has 1 aromatic rings. The number of hydrogen-bond acceptors (Lipinski definition) is 4. The van der Waals surface area contributed by atoms with E-state index in [4.69, 9.17) is 10.7 Å². The smallest absolute Gasteiger partial charge is 0.138 e. The number of aromatic nitrogens is 2. The van der Waals surface area contributed by atoms with Crippen LogP contribution in [0.2, 0.25) is 0 Å². The summed E-state index contributed by atoms with van der Waals surface area (Å²) in [5, 5.41) is 0. The highest BCUT2D eigenvalue weighted by molar-refractivity contribution is 7.99. The Labute approximate surface area is 120 Å². The molecule has 0 radical (unpaired) electrons. The van der Waals surface area contributed by atoms with Gasteiger partial charge in [0.1, 0.15) is 5.82 Å². The summed E-state index contributed by atoms with van der Waals surface area (Å²) >= 11 is 1.88. The molecule has 3 nitrogen and oxygen atoms in total. The largest absolute Gasteiger partial charge is 0.324 e. The van der Waals surface area contributed by atoms with Crippen LogP contribution in [0.5, 0.6) is 0 Å². The van der Waals surface area contributed by atoms with E-state index < -0.39 is 0 Å². The molecule has 1 aliphatic carbocycles. The van der Waals surface area contributed by atoms with Gasteiger partial charge in [0.25, 0.3) is 0 Å². The lowest BCUT2D eigenvalue weighted by molar-refractivity contribution is 0.277. The number of nitrogens with zero attached hydrogens (tertiary/aromatic N) is 2. The standard InChI is InChI=1S/C15H25N3S/c1-14(2,3)19-9-13-17-8-10-11(16)6-15(4,5)7-12(10)18-13/h8,11H,6-7,9,16H2,1-5H3. The fourth-order valence-electron chi connectivity index (χ4n) is 2.50. The molecular formula is C15H25N3S. The van der Waals surface area contributed by atoms with Crippen LogP contribution in [0.3, 0.4) is 0 Å². The maximum Gasteiger partial charge on any atom is 0.138 e. The Morgan fingerprint density at radius 2 is 2.11 bits per heavy atom. The molecular weight excluding hydrogens is 254 g/mol. The number of nitrogens with two attached hydrogens (primary N) is 1. The summed E-state index contributed by atoms with van der Waals surface area (Å²) < 4.78 is 0.245. The maximum atomic E-state index is 6.23. The zero-order valence-corrected chi connectivity index (χ0v) is 13.5. The van der Waals surface area contributed by atoms with Crippen molar-refractivity contribution < 1.29 is 0 Å². The summed E-state index contributed by atoms with van der Waals surface area (Å²) in [5.74, 6) is 1.80. The van der Waals surface area contributed by atoms with Gasteiger partial charge in [0, 0.05) is 28.2 Å². The molecule has 106 valence electrons. The van der Waals surface area contributed by atoms with Crippen LogP contribution in [0.15, 0.2) is 6.20 Å². The molecule has 0 fully saturated rings. The van der Waals surface area contributed by atoms with E-state index >= 15 is 0 Å². The van der Waals surface area contributed by atoms with Gasteiger partial charge in [0.15, 0.2) is 0 Å². The second kappa shape index (κ2) is 5.06. The number of fused-ring (bicyclic) bond motifs is 1. The van der Waals surface area contributed by atoms with Gasteiger partial charge in [-0.1, -0.05) is 34.6 Å². The van der Waals surface area contributed by atoms with E-state index in [-0.39, 0.29) is 16.2 Å². The van der Waals surface area contributed by atoms with Crippen molar-refractivity contribution in [1.29, 1.82) is 0 Å². The molecule has 1 aliphatic rings. The molecule has 2 rings (SSSR count). The highest BCUT2D eigenvalue weighted by Gasteiger charge is 2.31. The Morgan fingerprint density at radius 1 is 1.42 bits per heavy atom. The monoisotopic (exact) mass is 279 g/mol. The second-order valence-electron chi connectivity index (χ2n) is 7.24. The first kappa shape index (κ1) is 14.8. The Balaban J connectivity index is 2.19. The van der Waals surface area contributed by atoms with E-state index in [1.54, 1.807) is 0 Å². The molecule has 19 heavy (non-hydrogen) atoms. The van der Waals surface area contributed by atoms with Crippen LogP contribution < -0.4 is 5.73 Å². The molecule has 2 N–H and O–H groups in total. The fourth-order valence-corrected chi connectivity index (χ4v) is 3.20. The third-order valence-electron chi connectivity index (χ3n) is 3.40. The maximum absolute atomic E-state index is 6.23. The van der Waals surface area contributed by atoms with Gasteiger partial charge >= 0.3 is 0 Å². The molecule has 0 saturated heterocycles. The molecule has 0 bridgehead atoms. The van der Waals surface area contributed by atoms with E-state index in [9.17, 15) is 0 Å². The molecule has 4 heteroatoms. The average molecular weight is 279 g/mol. The Morgan fingerprint density at radius 3 is 2.74 bits per heavy atom. The molecule has 1 aromatic heterocycles. The van der Waals surface area contributed by atoms with Crippen molar-refractivity contribution in [3.05, 3.63) is 23.3 Å². The van der Waals surface area contributed by atoms with Gasteiger partial charge in [0.2, 0.25) is 0 Å². The summed E-state index contributed by atoms with van der Waals surface area (Å²) in [7, 11) is 0. The highest BCUT2D eigenvalue weighted by atomic mass is 32.2. The summed E-state index contributed by atoms with van der Waals surface area (Å²) in [4.78, 5) is 9.23. The average Bonchev–Trinajstić information content (AvgIpc) is 2.23. The Kier molecular flexibility index (Phi) is 3.94. The van der Waals surface area contributed by atoms with E-state index in [2.05, 4.69) is 39.6 Å². The molecule has 0 spiro atoms. The first-order chi connectivity index (χ1) is 8.66. The molecule has 0 saturated carbocycles. The van der Waals surface area contributed by atoms with Gasteiger partial charge in [-0.15, -0.1) is 11.8 Å². The Hall–Kier alpha value is -0.610. The minimum Gasteiger partial charge on any atom is -0.324 e. The van der Waals surface area contributed by atoms with Crippen LogP contribution >= 0.6 is 11.8 Å². The lowest BCUT2D eigenvalue weighted by atomic mass is 9.74. The quantitative estimate of drug-likeness (QED) is 0.900. The summed E-state index contributed by atoms with van der Waals surface area (Å²) in [6, 6.07) is 0.0862. The van der Waals surface area contributed by atoms with E-state index in [0.717, 1.165) is 35.7 Å². The lowest BCUT2D eigenvalue weighted by Crippen LogP contribution is -2.31. The van der Waals surface area contributed by atoms with Gasteiger partial charge in [-0.2, -0.15) is 0 Å². The lowest BCUT2D eigenvalue weighted by Gasteiger charge is -2.34. The third-order valence-corrected chi connectivity index (χ3v) is 4.67. The van der Waals surface area contributed by atoms with Crippen molar-refractivity contribution in [3.8, 4) is 0 Å². The van der Waals surface area contributed by atoms with Crippen LogP contribution in [0, 0.1) is 5.41 Å². The Bertz CT molecular complexity index is 463. The summed E-state index contributed by atoms with van der Waals surface area (Å²) in [6.45, 7) is 11.2. The molecule has 0 aromatic carbocycles. The number of rotatable bonds is 2. The van der Waals surface area contributed by atoms with Gasteiger partial charge < -0.3 is 5.73 Å². The van der Waals surface area contributed by atoms with Crippen molar-refractivity contribution >= 4 is 11.8 Å². The highest BCUT2D eigenvalue weighted by Crippen LogP contribution is 2.38. The van der Waals surface area contributed by atoms with Gasteiger partial charge in [-0.25, -0.2) is 9.97 Å². The van der Waals surface area contributed by atoms with Crippen LogP contribution in [0.1, 0.15) is 64.2 Å². The van der Waals surface area contributed by atoms with Crippen molar-refractivity contribution in [3.63, 3.8) is 0 Å². The second-order valence-corrected chi connectivity index (χ2v) is 9.04. The van der Waals surface area contributed by atoms with Crippen molar-refractivity contribution in [2.75, 3.05) is 0 Å². The SMILES string of the molecule is CC1(C)Cc2nc(CSC(C)(C)C)ncc2C(N)C1. The third kappa shape index (κ3) is 3.93. The van der Waals surface area contributed by atoms with Crippen molar-refractivity contribution in [1.82, 2.24) is 9.97 Å². The molecule has 1 unspecified atom stereocenters. The minimum atomic E-state index is 0.0862. The number of hydrogen-bond donors (Lipinski definition) is 1. The van der Waals surface area contributed by atoms with Crippen LogP contribution in [0.4, 0.5) is 0 Å². The van der Waals surface area contributed by atoms with Crippen LogP contribution in [-0.2, 0) is 12.2 Å². The topological polar surface area (TPSA) is 51.8 Å². The zero-order chi connectivity index (χ0) is 14.3. The van der Waals surface area contributed by atoms with Crippen LogP contribution in [-0.4, -0.2) is 14.7 Å². The summed E-state index contributed by atoms with van der Waals surface area (Å²) in [6.07, 6.45) is 3.96. The first-order valence-electron chi connectivity index (χ1n) is 6.90.